The molecule has 0 aliphatic carbocycles. The second kappa shape index (κ2) is 15.1. The van der Waals surface area contributed by atoms with Gasteiger partial charge in [0.05, 0.1) is 5.69 Å². The van der Waals surface area contributed by atoms with E-state index in [0.717, 1.165) is 33.4 Å². The summed E-state index contributed by atoms with van der Waals surface area (Å²) in [6.07, 6.45) is 14.8. The molecule has 0 amide bonds. The molecule has 6 nitrogen and oxygen atoms in total. The first-order valence-electron chi connectivity index (χ1n) is 14.2. The van der Waals surface area contributed by atoms with E-state index in [4.69, 9.17) is 0 Å². The summed E-state index contributed by atoms with van der Waals surface area (Å²) in [4.78, 5) is 25.0. The normalized spacial score (nSPS) is 12.9. The predicted molar refractivity (Wildman–Crippen MR) is 170 cm³/mol. The summed E-state index contributed by atoms with van der Waals surface area (Å²) in [6, 6.07) is 13.3. The van der Waals surface area contributed by atoms with E-state index >= 15 is 4.39 Å². The van der Waals surface area contributed by atoms with E-state index < -0.39 is 5.83 Å². The van der Waals surface area contributed by atoms with Crippen LogP contribution in [0, 0.1) is 6.92 Å². The predicted octanol–water partition coefficient (Wildman–Crippen LogP) is 7.53. The minimum absolute atomic E-state index is 0.0376. The molecule has 1 aromatic carbocycles. The Hall–Kier alpha value is -4.53. The summed E-state index contributed by atoms with van der Waals surface area (Å²) >= 11 is 0. The highest BCUT2D eigenvalue weighted by atomic mass is 19.3. The van der Waals surface area contributed by atoms with Crippen molar-refractivity contribution in [2.24, 2.45) is 0 Å². The molecule has 4 rings (SSSR count). The third-order valence-corrected chi connectivity index (χ3v) is 7.18. The lowest BCUT2D eigenvalue weighted by atomic mass is 9.94. The topological polar surface area (TPSA) is 68.5 Å². The Morgan fingerprint density at radius 1 is 1.14 bits per heavy atom. The molecule has 0 unspecified atom stereocenters. The highest BCUT2D eigenvalue weighted by Gasteiger charge is 2.10. The minimum Gasteiger partial charge on any atom is -0.310 e. The maximum atomic E-state index is 15.4. The number of pyridine rings is 2. The van der Waals surface area contributed by atoms with Gasteiger partial charge in [0, 0.05) is 37.2 Å². The van der Waals surface area contributed by atoms with Crippen molar-refractivity contribution in [1.82, 2.24) is 19.7 Å². The molecular weight excluding hydrogens is 546 g/mol. The SMILES string of the molecule is C\C=C/C=C(/C=C(\F)c1ccc(CNCCOF)cn1)C(\C)=C\c1cccc(-c2ccn3c(=O)c(CC)cnc3c2)c1C. The number of allylic oxidation sites excluding steroid dienone is 6. The average molecular weight is 583 g/mol. The van der Waals surface area contributed by atoms with Gasteiger partial charge in [0.15, 0.2) is 0 Å². The van der Waals surface area contributed by atoms with Crippen molar-refractivity contribution < 1.29 is 13.9 Å². The van der Waals surface area contributed by atoms with Gasteiger partial charge in [-0.25, -0.2) is 9.37 Å². The van der Waals surface area contributed by atoms with Crippen molar-refractivity contribution in [3.63, 3.8) is 0 Å². The second-order valence-electron chi connectivity index (χ2n) is 10.1. The van der Waals surface area contributed by atoms with Crippen LogP contribution in [0.2, 0.25) is 0 Å². The van der Waals surface area contributed by atoms with Crippen molar-refractivity contribution in [3.8, 4) is 11.1 Å². The fourth-order valence-electron chi connectivity index (χ4n) is 4.68. The molecule has 3 heterocycles. The Bertz CT molecular complexity index is 1750. The standard InChI is InChI=1S/C35H36F2N4O2/c1-5-7-9-28(19-32(36)33-13-12-26(22-39-33)21-38-15-17-43-37)24(3)18-29-10-8-11-31(25(29)4)30-14-16-41-34(20-30)40-23-27(6-2)35(41)42/h5,7-14,16,18-20,22-23,38H,6,15,17,21H2,1-4H3/b7-5-,24-18+,28-9-,32-19-. The van der Waals surface area contributed by atoms with Crippen LogP contribution in [0.1, 0.15) is 48.7 Å². The summed E-state index contributed by atoms with van der Waals surface area (Å²) in [6.45, 7) is 8.65. The summed E-state index contributed by atoms with van der Waals surface area (Å²) in [5, 5.41) is 3.02. The van der Waals surface area contributed by atoms with Gasteiger partial charge in [-0.3, -0.25) is 14.2 Å². The Morgan fingerprint density at radius 3 is 2.70 bits per heavy atom. The molecule has 0 bridgehead atoms. The van der Waals surface area contributed by atoms with Gasteiger partial charge in [-0.2, -0.15) is 4.94 Å². The first-order valence-corrected chi connectivity index (χ1v) is 14.2. The van der Waals surface area contributed by atoms with Crippen LogP contribution in [0.25, 0.3) is 28.7 Å². The maximum Gasteiger partial charge on any atom is 0.260 e. The molecule has 0 atom stereocenters. The van der Waals surface area contributed by atoms with Crippen LogP contribution < -0.4 is 10.9 Å². The number of aryl methyl sites for hydroxylation is 1. The summed E-state index contributed by atoms with van der Waals surface area (Å²) in [5.74, 6) is -0.454. The van der Waals surface area contributed by atoms with Gasteiger partial charge >= 0.3 is 0 Å². The molecule has 43 heavy (non-hydrogen) atoms. The van der Waals surface area contributed by atoms with Crippen molar-refractivity contribution >= 4 is 17.6 Å². The molecule has 0 radical (unpaired) electrons. The number of hydrogen-bond acceptors (Lipinski definition) is 5. The molecule has 3 aromatic heterocycles. The lowest BCUT2D eigenvalue weighted by Crippen LogP contribution is -2.18. The first kappa shape index (κ1) is 31.4. The van der Waals surface area contributed by atoms with Gasteiger partial charge in [0.2, 0.25) is 0 Å². The number of rotatable bonds is 12. The molecule has 0 aliphatic heterocycles. The van der Waals surface area contributed by atoms with Gasteiger partial charge in [-0.05, 0) is 95.0 Å². The molecule has 0 saturated heterocycles. The van der Waals surface area contributed by atoms with Crippen LogP contribution in [0.3, 0.4) is 0 Å². The molecule has 222 valence electrons. The summed E-state index contributed by atoms with van der Waals surface area (Å²) in [5.41, 5.74) is 7.92. The van der Waals surface area contributed by atoms with Gasteiger partial charge < -0.3 is 5.32 Å². The second-order valence-corrected chi connectivity index (χ2v) is 10.1. The van der Waals surface area contributed by atoms with Gasteiger partial charge in [0.1, 0.15) is 18.1 Å². The smallest absolute Gasteiger partial charge is 0.260 e. The summed E-state index contributed by atoms with van der Waals surface area (Å²) < 4.78 is 28.7. The number of hydrogen-bond donors (Lipinski definition) is 1. The average Bonchev–Trinajstić information content (AvgIpc) is 3.02. The lowest BCUT2D eigenvalue weighted by Gasteiger charge is -2.12. The van der Waals surface area contributed by atoms with E-state index in [2.05, 4.69) is 27.1 Å². The number of nitrogens with one attached hydrogen (secondary N) is 1. The Balaban J connectivity index is 1.62. The first-order chi connectivity index (χ1) is 20.9. The molecule has 0 fully saturated rings. The van der Waals surface area contributed by atoms with E-state index in [-0.39, 0.29) is 17.9 Å². The van der Waals surface area contributed by atoms with Gasteiger partial charge in [0.25, 0.3) is 5.56 Å². The van der Waals surface area contributed by atoms with E-state index in [1.165, 1.54) is 6.08 Å². The van der Waals surface area contributed by atoms with Crippen molar-refractivity contribution in [2.45, 2.75) is 40.7 Å². The zero-order valence-corrected chi connectivity index (χ0v) is 24.9. The van der Waals surface area contributed by atoms with Crippen molar-refractivity contribution in [2.75, 3.05) is 13.2 Å². The molecular formula is C35H36F2N4O2. The fraction of sp³-hybridized carbons (Fsp3) is 0.229. The molecule has 1 N–H and O–H groups in total. The quantitative estimate of drug-likeness (QED) is 0.138. The van der Waals surface area contributed by atoms with Crippen molar-refractivity contribution in [1.29, 1.82) is 0 Å². The van der Waals surface area contributed by atoms with Gasteiger partial charge in [-0.1, -0.05) is 55.5 Å². The van der Waals surface area contributed by atoms with E-state index in [1.54, 1.807) is 35.1 Å². The minimum atomic E-state index is -0.454. The third kappa shape index (κ3) is 7.85. The molecule has 4 aromatic rings. The Labute approximate surface area is 250 Å². The Morgan fingerprint density at radius 2 is 1.98 bits per heavy atom. The fourth-order valence-corrected chi connectivity index (χ4v) is 4.68. The number of halogens is 2. The van der Waals surface area contributed by atoms with Crippen LogP contribution in [-0.4, -0.2) is 27.5 Å². The van der Waals surface area contributed by atoms with Crippen LogP contribution in [0.5, 0.6) is 0 Å². The van der Waals surface area contributed by atoms with Crippen LogP contribution in [0.4, 0.5) is 8.92 Å². The number of nitrogens with zero attached hydrogens (tertiary/aromatic N) is 3. The monoisotopic (exact) mass is 582 g/mol. The van der Waals surface area contributed by atoms with Crippen LogP contribution in [-0.2, 0) is 17.9 Å². The zero-order valence-electron chi connectivity index (χ0n) is 24.9. The van der Waals surface area contributed by atoms with E-state index in [1.807, 2.05) is 75.4 Å². The van der Waals surface area contributed by atoms with Gasteiger partial charge in [-0.15, -0.1) is 0 Å². The Kier molecular flexibility index (Phi) is 11.0. The molecule has 0 aliphatic rings. The third-order valence-electron chi connectivity index (χ3n) is 7.18. The highest BCUT2D eigenvalue weighted by molar-refractivity contribution is 5.76. The summed E-state index contributed by atoms with van der Waals surface area (Å²) in [7, 11) is 0. The molecule has 0 saturated carbocycles. The van der Waals surface area contributed by atoms with E-state index in [0.29, 0.717) is 36.3 Å². The largest absolute Gasteiger partial charge is 0.310 e. The van der Waals surface area contributed by atoms with Crippen LogP contribution >= 0.6 is 0 Å². The highest BCUT2D eigenvalue weighted by Crippen LogP contribution is 2.29. The zero-order chi connectivity index (χ0) is 30.8. The number of fused-ring (bicyclic) bond motifs is 1. The van der Waals surface area contributed by atoms with E-state index in [9.17, 15) is 9.32 Å². The number of aromatic nitrogens is 3. The molecule has 8 heteroatoms. The van der Waals surface area contributed by atoms with Crippen LogP contribution in [0.15, 0.2) is 101 Å². The lowest BCUT2D eigenvalue weighted by molar-refractivity contribution is -0.129. The van der Waals surface area contributed by atoms with Crippen molar-refractivity contribution in [3.05, 3.63) is 135 Å². The molecule has 0 spiro atoms. The maximum absolute atomic E-state index is 15.4. The number of benzene rings is 1.